The lowest BCUT2D eigenvalue weighted by molar-refractivity contribution is -0.145. The molecule has 1 aromatic heterocycles. The molecule has 0 bridgehead atoms. The van der Waals surface area contributed by atoms with Crippen LogP contribution in [0.15, 0.2) is 0 Å². The number of ether oxygens (including phenoxy) is 1. The highest BCUT2D eigenvalue weighted by Gasteiger charge is 2.49. The Morgan fingerprint density at radius 2 is 2.28 bits per heavy atom. The van der Waals surface area contributed by atoms with E-state index < -0.39 is 0 Å². The average molecular weight is 265 g/mol. The van der Waals surface area contributed by atoms with Gasteiger partial charge in [0, 0.05) is 10.8 Å². The summed E-state index contributed by atoms with van der Waals surface area (Å²) in [4.78, 5) is 17.9. The van der Waals surface area contributed by atoms with Gasteiger partial charge in [0.25, 0.3) is 0 Å². The minimum Gasteiger partial charge on any atom is -0.465 e. The highest BCUT2D eigenvalue weighted by Crippen LogP contribution is 2.60. The Morgan fingerprint density at radius 1 is 1.56 bits per heavy atom. The van der Waals surface area contributed by atoms with Gasteiger partial charge in [-0.2, -0.15) is 0 Å². The molecular formula is C14H19NO2S. The summed E-state index contributed by atoms with van der Waals surface area (Å²) in [6, 6.07) is 0. The van der Waals surface area contributed by atoms with E-state index in [0.717, 1.165) is 18.5 Å². The molecule has 0 radical (unpaired) electrons. The Hall–Kier alpha value is -0.900. The molecule has 0 amide bonds. The van der Waals surface area contributed by atoms with Crippen LogP contribution in [0.4, 0.5) is 0 Å². The summed E-state index contributed by atoms with van der Waals surface area (Å²) in [5, 5.41) is 1.24. The number of fused-ring (bicyclic) bond motifs is 1. The van der Waals surface area contributed by atoms with Gasteiger partial charge in [-0.15, -0.1) is 11.3 Å². The number of aromatic nitrogens is 1. The lowest BCUT2D eigenvalue weighted by atomic mass is 10.1. The lowest BCUT2D eigenvalue weighted by Crippen LogP contribution is -2.14. The third kappa shape index (κ3) is 1.87. The van der Waals surface area contributed by atoms with Gasteiger partial charge in [-0.3, -0.25) is 4.79 Å². The Labute approximate surface area is 112 Å². The normalized spacial score (nSPS) is 27.9. The van der Waals surface area contributed by atoms with Crippen LogP contribution in [0.5, 0.6) is 0 Å². The number of rotatable bonds is 3. The van der Waals surface area contributed by atoms with Crippen molar-refractivity contribution in [2.45, 2.75) is 51.9 Å². The van der Waals surface area contributed by atoms with Gasteiger partial charge >= 0.3 is 5.97 Å². The van der Waals surface area contributed by atoms with Crippen molar-refractivity contribution in [2.75, 3.05) is 6.61 Å². The van der Waals surface area contributed by atoms with Crippen LogP contribution in [0.3, 0.4) is 0 Å². The third-order valence-electron chi connectivity index (χ3n) is 4.12. The molecule has 2 unspecified atom stereocenters. The van der Waals surface area contributed by atoms with Crippen LogP contribution in [0, 0.1) is 5.41 Å². The maximum absolute atomic E-state index is 11.9. The minimum atomic E-state index is -0.105. The molecule has 3 rings (SSSR count). The van der Waals surface area contributed by atoms with Crippen molar-refractivity contribution in [3.8, 4) is 0 Å². The van der Waals surface area contributed by atoms with E-state index in [1.807, 2.05) is 18.3 Å². The van der Waals surface area contributed by atoms with Gasteiger partial charge in [-0.05, 0) is 31.6 Å². The zero-order valence-electron chi connectivity index (χ0n) is 11.2. The summed E-state index contributed by atoms with van der Waals surface area (Å²) >= 11 is 1.82. The van der Waals surface area contributed by atoms with E-state index in [0.29, 0.717) is 17.9 Å². The topological polar surface area (TPSA) is 39.2 Å². The maximum atomic E-state index is 11.9. The molecule has 98 valence electrons. The monoisotopic (exact) mass is 265 g/mol. The van der Waals surface area contributed by atoms with E-state index >= 15 is 0 Å². The van der Waals surface area contributed by atoms with Crippen molar-refractivity contribution in [1.82, 2.24) is 4.98 Å². The second kappa shape index (κ2) is 4.05. The summed E-state index contributed by atoms with van der Waals surface area (Å²) in [5.74, 6) is 0.408. The maximum Gasteiger partial charge on any atom is 0.315 e. The first kappa shape index (κ1) is 12.2. The lowest BCUT2D eigenvalue weighted by Gasteiger charge is -2.07. The molecule has 1 saturated carbocycles. The fraction of sp³-hybridized carbons (Fsp3) is 0.714. The fourth-order valence-electron chi connectivity index (χ4n) is 2.76. The quantitative estimate of drug-likeness (QED) is 0.788. The smallest absolute Gasteiger partial charge is 0.315 e. The molecule has 3 nitrogen and oxygen atoms in total. The van der Waals surface area contributed by atoms with Gasteiger partial charge < -0.3 is 4.74 Å². The van der Waals surface area contributed by atoms with E-state index in [1.54, 1.807) is 0 Å². The van der Waals surface area contributed by atoms with Gasteiger partial charge in [0.05, 0.1) is 17.3 Å². The fourth-order valence-corrected chi connectivity index (χ4v) is 4.21. The van der Waals surface area contributed by atoms with Gasteiger partial charge in [0.15, 0.2) is 0 Å². The Morgan fingerprint density at radius 3 is 2.89 bits per heavy atom. The van der Waals surface area contributed by atoms with Crippen LogP contribution < -0.4 is 0 Å². The molecule has 2 aliphatic carbocycles. The SMILES string of the molecule is CCOC(=O)C1CCc2sc(C3CC3(C)C)nc21. The summed E-state index contributed by atoms with van der Waals surface area (Å²) in [7, 11) is 0. The van der Waals surface area contributed by atoms with E-state index in [4.69, 9.17) is 9.72 Å². The summed E-state index contributed by atoms with van der Waals surface area (Å²) in [5.41, 5.74) is 1.42. The molecule has 2 atom stereocenters. The average Bonchev–Trinajstić information content (AvgIpc) is 2.66. The van der Waals surface area contributed by atoms with Crippen molar-refractivity contribution in [2.24, 2.45) is 5.41 Å². The molecule has 4 heteroatoms. The van der Waals surface area contributed by atoms with Crippen LogP contribution in [0.1, 0.15) is 61.0 Å². The van der Waals surface area contributed by atoms with E-state index in [2.05, 4.69) is 13.8 Å². The molecule has 0 N–H and O–H groups in total. The van der Waals surface area contributed by atoms with E-state index in [9.17, 15) is 4.79 Å². The van der Waals surface area contributed by atoms with Gasteiger partial charge in [0.2, 0.25) is 0 Å². The first-order chi connectivity index (χ1) is 8.53. The van der Waals surface area contributed by atoms with Crippen molar-refractivity contribution in [3.63, 3.8) is 0 Å². The zero-order chi connectivity index (χ0) is 12.9. The highest BCUT2D eigenvalue weighted by atomic mass is 32.1. The molecule has 1 heterocycles. The first-order valence-corrected chi connectivity index (χ1v) is 7.50. The first-order valence-electron chi connectivity index (χ1n) is 6.69. The zero-order valence-corrected chi connectivity index (χ0v) is 12.0. The van der Waals surface area contributed by atoms with Crippen LogP contribution in [-0.4, -0.2) is 17.6 Å². The third-order valence-corrected chi connectivity index (χ3v) is 5.36. The number of hydrogen-bond donors (Lipinski definition) is 0. The standard InChI is InChI=1S/C14H19NO2S/c1-4-17-13(16)8-5-6-10-11(8)15-12(18-10)9-7-14(9,2)3/h8-9H,4-7H2,1-3H3. The number of nitrogens with zero attached hydrogens (tertiary/aromatic N) is 1. The molecule has 18 heavy (non-hydrogen) atoms. The van der Waals surface area contributed by atoms with Crippen molar-refractivity contribution < 1.29 is 9.53 Å². The summed E-state index contributed by atoms with van der Waals surface area (Å²) < 4.78 is 5.13. The number of thiazole rings is 1. The van der Waals surface area contributed by atoms with Gasteiger partial charge in [-0.1, -0.05) is 13.8 Å². The van der Waals surface area contributed by atoms with Gasteiger partial charge in [0.1, 0.15) is 5.92 Å². The predicted molar refractivity (Wildman–Crippen MR) is 70.9 cm³/mol. The number of carbonyl (C=O) groups is 1. The number of carbonyl (C=O) groups excluding carboxylic acids is 1. The highest BCUT2D eigenvalue weighted by molar-refractivity contribution is 7.12. The van der Waals surface area contributed by atoms with Crippen LogP contribution in [0.25, 0.3) is 0 Å². The van der Waals surface area contributed by atoms with Crippen molar-refractivity contribution in [3.05, 3.63) is 15.6 Å². The number of aryl methyl sites for hydroxylation is 1. The van der Waals surface area contributed by atoms with Crippen LogP contribution >= 0.6 is 11.3 Å². The van der Waals surface area contributed by atoms with Crippen molar-refractivity contribution >= 4 is 17.3 Å². The number of esters is 1. The van der Waals surface area contributed by atoms with Crippen molar-refractivity contribution in [1.29, 1.82) is 0 Å². The Balaban J connectivity index is 1.82. The molecule has 0 saturated heterocycles. The Kier molecular flexibility index (Phi) is 2.73. The number of hydrogen-bond acceptors (Lipinski definition) is 4. The Bertz CT molecular complexity index is 492. The predicted octanol–water partition coefficient (Wildman–Crippen LogP) is 3.25. The second-order valence-electron chi connectivity index (χ2n) is 5.95. The van der Waals surface area contributed by atoms with E-state index in [1.165, 1.54) is 16.3 Å². The molecule has 0 aliphatic heterocycles. The van der Waals surface area contributed by atoms with Crippen LogP contribution in [0.2, 0.25) is 0 Å². The minimum absolute atomic E-state index is 0.0943. The largest absolute Gasteiger partial charge is 0.465 e. The molecular weight excluding hydrogens is 246 g/mol. The molecule has 0 spiro atoms. The van der Waals surface area contributed by atoms with Gasteiger partial charge in [-0.25, -0.2) is 4.98 Å². The molecule has 0 aromatic carbocycles. The molecule has 1 aromatic rings. The second-order valence-corrected chi connectivity index (χ2v) is 7.06. The molecule has 1 fully saturated rings. The summed E-state index contributed by atoms with van der Waals surface area (Å²) in [6.45, 7) is 6.88. The molecule has 2 aliphatic rings. The van der Waals surface area contributed by atoms with Crippen LogP contribution in [-0.2, 0) is 16.0 Å². The van der Waals surface area contributed by atoms with E-state index in [-0.39, 0.29) is 11.9 Å². The summed E-state index contributed by atoms with van der Waals surface area (Å²) in [6.07, 6.45) is 3.09.